The summed E-state index contributed by atoms with van der Waals surface area (Å²) in [5, 5.41) is 5.50. The van der Waals surface area contributed by atoms with Gasteiger partial charge in [0.15, 0.2) is 0 Å². The Morgan fingerprint density at radius 2 is 2.05 bits per heavy atom. The quantitative estimate of drug-likeness (QED) is 0.837. The van der Waals surface area contributed by atoms with E-state index >= 15 is 0 Å². The third-order valence-corrected chi connectivity index (χ3v) is 2.51. The zero-order valence-electron chi connectivity index (χ0n) is 10.7. The van der Waals surface area contributed by atoms with Crippen LogP contribution in [0.25, 0.3) is 0 Å². The Labute approximate surface area is 110 Å². The summed E-state index contributed by atoms with van der Waals surface area (Å²) in [5.41, 5.74) is 1.09. The molecule has 3 nitrogen and oxygen atoms in total. The lowest BCUT2D eigenvalue weighted by molar-refractivity contribution is -0.134. The molecule has 1 aromatic carbocycles. The van der Waals surface area contributed by atoms with Crippen LogP contribution in [0.3, 0.4) is 0 Å². The second-order valence-electron chi connectivity index (χ2n) is 4.22. The van der Waals surface area contributed by atoms with Gasteiger partial charge in [0.25, 0.3) is 0 Å². The van der Waals surface area contributed by atoms with Crippen LogP contribution in [-0.2, 0) is 11.2 Å². The molecule has 0 aromatic heterocycles. The minimum atomic E-state index is -4.16. The molecule has 19 heavy (non-hydrogen) atoms. The van der Waals surface area contributed by atoms with E-state index in [9.17, 15) is 18.0 Å². The summed E-state index contributed by atoms with van der Waals surface area (Å²) in [6, 6.07) is 6.49. The first-order valence-corrected chi connectivity index (χ1v) is 6.01. The minimum absolute atomic E-state index is 0.0796. The third-order valence-electron chi connectivity index (χ3n) is 2.51. The van der Waals surface area contributed by atoms with Gasteiger partial charge in [-0.05, 0) is 31.2 Å². The number of amides is 1. The molecule has 2 N–H and O–H groups in total. The number of aryl methyl sites for hydroxylation is 1. The zero-order chi connectivity index (χ0) is 14.3. The molecule has 0 saturated heterocycles. The fraction of sp³-hybridized carbons (Fsp3) is 0.462. The Kier molecular flexibility index (Phi) is 5.82. The summed E-state index contributed by atoms with van der Waals surface area (Å²) in [6.45, 7) is 0.555. The van der Waals surface area contributed by atoms with Gasteiger partial charge in [0.05, 0.1) is 0 Å². The van der Waals surface area contributed by atoms with E-state index < -0.39 is 12.6 Å². The Hall–Kier alpha value is -1.56. The van der Waals surface area contributed by atoms with Gasteiger partial charge in [0, 0.05) is 25.1 Å². The van der Waals surface area contributed by atoms with Gasteiger partial charge in [0.2, 0.25) is 5.91 Å². The lowest BCUT2D eigenvalue weighted by Gasteiger charge is -2.09. The molecular formula is C13H17F3N2O. The summed E-state index contributed by atoms with van der Waals surface area (Å²) in [5.74, 6) is -0.165. The Balaban J connectivity index is 2.54. The Bertz CT molecular complexity index is 419. The summed E-state index contributed by atoms with van der Waals surface area (Å²) < 4.78 is 36.3. The predicted molar refractivity (Wildman–Crippen MR) is 68.0 cm³/mol. The molecule has 0 fully saturated rings. The van der Waals surface area contributed by atoms with Crippen LogP contribution < -0.4 is 10.6 Å². The van der Waals surface area contributed by atoms with Gasteiger partial charge in [-0.15, -0.1) is 0 Å². The first kappa shape index (κ1) is 15.5. The maximum absolute atomic E-state index is 12.1. The van der Waals surface area contributed by atoms with Gasteiger partial charge in [0.1, 0.15) is 0 Å². The SMILES string of the molecule is CNCCC(=O)Nc1cccc(CCC(F)(F)F)c1. The van der Waals surface area contributed by atoms with E-state index in [1.165, 1.54) is 0 Å². The number of halogens is 3. The van der Waals surface area contributed by atoms with Crippen LogP contribution in [0.4, 0.5) is 18.9 Å². The second-order valence-corrected chi connectivity index (χ2v) is 4.22. The number of anilines is 1. The zero-order valence-corrected chi connectivity index (χ0v) is 10.7. The van der Waals surface area contributed by atoms with E-state index in [0.717, 1.165) is 0 Å². The largest absolute Gasteiger partial charge is 0.389 e. The highest BCUT2D eigenvalue weighted by molar-refractivity contribution is 5.90. The van der Waals surface area contributed by atoms with Crippen LogP contribution >= 0.6 is 0 Å². The molecule has 0 aliphatic rings. The number of nitrogens with one attached hydrogen (secondary N) is 2. The lowest BCUT2D eigenvalue weighted by Crippen LogP contribution is -2.18. The summed E-state index contributed by atoms with van der Waals surface area (Å²) in [4.78, 5) is 11.5. The highest BCUT2D eigenvalue weighted by Crippen LogP contribution is 2.23. The monoisotopic (exact) mass is 274 g/mol. The van der Waals surface area contributed by atoms with Crippen LogP contribution in [0, 0.1) is 0 Å². The standard InChI is InChI=1S/C13H17F3N2O/c1-17-8-6-12(19)18-11-4-2-3-10(9-11)5-7-13(14,15)16/h2-4,9,17H,5-8H2,1H3,(H,18,19). The molecule has 0 unspecified atom stereocenters. The smallest absolute Gasteiger partial charge is 0.326 e. The van der Waals surface area contributed by atoms with Gasteiger partial charge < -0.3 is 10.6 Å². The van der Waals surface area contributed by atoms with Crippen molar-refractivity contribution in [1.29, 1.82) is 0 Å². The van der Waals surface area contributed by atoms with E-state index in [1.807, 2.05) is 0 Å². The molecule has 1 aromatic rings. The summed E-state index contributed by atoms with van der Waals surface area (Å²) >= 11 is 0. The third kappa shape index (κ3) is 6.81. The number of carbonyl (C=O) groups is 1. The molecule has 0 saturated carbocycles. The van der Waals surface area contributed by atoms with Gasteiger partial charge >= 0.3 is 6.18 Å². The maximum Gasteiger partial charge on any atom is 0.389 e. The Morgan fingerprint density at radius 1 is 1.32 bits per heavy atom. The maximum atomic E-state index is 12.1. The van der Waals surface area contributed by atoms with Crippen molar-refractivity contribution < 1.29 is 18.0 Å². The van der Waals surface area contributed by atoms with Gasteiger partial charge in [-0.2, -0.15) is 13.2 Å². The van der Waals surface area contributed by atoms with E-state index in [4.69, 9.17) is 0 Å². The fourth-order valence-electron chi connectivity index (χ4n) is 1.55. The van der Waals surface area contributed by atoms with Crippen molar-refractivity contribution in [3.8, 4) is 0 Å². The van der Waals surface area contributed by atoms with Crippen molar-refractivity contribution >= 4 is 11.6 Å². The molecule has 0 aliphatic heterocycles. The van der Waals surface area contributed by atoms with Crippen LogP contribution in [0.15, 0.2) is 24.3 Å². The molecule has 1 amide bonds. The van der Waals surface area contributed by atoms with Gasteiger partial charge in [-0.1, -0.05) is 12.1 Å². The summed E-state index contributed by atoms with van der Waals surface area (Å²) in [6.07, 6.45) is -4.77. The number of hydrogen-bond donors (Lipinski definition) is 2. The van der Waals surface area contributed by atoms with E-state index in [1.54, 1.807) is 31.3 Å². The van der Waals surface area contributed by atoms with Crippen molar-refractivity contribution in [2.75, 3.05) is 18.9 Å². The van der Waals surface area contributed by atoms with Crippen LogP contribution in [0.1, 0.15) is 18.4 Å². The average molecular weight is 274 g/mol. The van der Waals surface area contributed by atoms with Gasteiger partial charge in [-0.25, -0.2) is 0 Å². The van der Waals surface area contributed by atoms with Crippen LogP contribution in [0.5, 0.6) is 0 Å². The van der Waals surface area contributed by atoms with E-state index in [0.29, 0.717) is 24.2 Å². The Morgan fingerprint density at radius 3 is 2.68 bits per heavy atom. The number of benzene rings is 1. The van der Waals surface area contributed by atoms with Crippen molar-refractivity contribution in [3.05, 3.63) is 29.8 Å². The van der Waals surface area contributed by atoms with E-state index in [-0.39, 0.29) is 12.3 Å². The van der Waals surface area contributed by atoms with Crippen molar-refractivity contribution in [2.24, 2.45) is 0 Å². The number of rotatable bonds is 6. The van der Waals surface area contributed by atoms with Crippen molar-refractivity contribution in [1.82, 2.24) is 5.32 Å². The molecule has 0 aliphatic carbocycles. The second kappa shape index (κ2) is 7.13. The molecule has 0 radical (unpaired) electrons. The first-order valence-electron chi connectivity index (χ1n) is 6.01. The van der Waals surface area contributed by atoms with Crippen LogP contribution in [-0.4, -0.2) is 25.7 Å². The highest BCUT2D eigenvalue weighted by Gasteiger charge is 2.26. The van der Waals surface area contributed by atoms with E-state index in [2.05, 4.69) is 10.6 Å². The molecule has 0 atom stereocenters. The summed E-state index contributed by atoms with van der Waals surface area (Å²) in [7, 11) is 1.74. The molecule has 6 heteroatoms. The topological polar surface area (TPSA) is 41.1 Å². The van der Waals surface area contributed by atoms with Crippen LogP contribution in [0.2, 0.25) is 0 Å². The predicted octanol–water partition coefficient (Wildman–Crippen LogP) is 2.73. The molecule has 0 heterocycles. The number of carbonyl (C=O) groups excluding carboxylic acids is 1. The fourth-order valence-corrected chi connectivity index (χ4v) is 1.55. The first-order chi connectivity index (χ1) is 8.90. The molecular weight excluding hydrogens is 257 g/mol. The average Bonchev–Trinajstić information content (AvgIpc) is 2.33. The number of alkyl halides is 3. The van der Waals surface area contributed by atoms with Crippen molar-refractivity contribution in [3.63, 3.8) is 0 Å². The molecule has 106 valence electrons. The molecule has 1 rings (SSSR count). The van der Waals surface area contributed by atoms with Gasteiger partial charge in [-0.3, -0.25) is 4.79 Å². The minimum Gasteiger partial charge on any atom is -0.326 e. The highest BCUT2D eigenvalue weighted by atomic mass is 19.4. The number of hydrogen-bond acceptors (Lipinski definition) is 2. The normalized spacial score (nSPS) is 11.4. The lowest BCUT2D eigenvalue weighted by atomic mass is 10.1. The van der Waals surface area contributed by atoms with Crippen molar-refractivity contribution in [2.45, 2.75) is 25.4 Å². The molecule has 0 spiro atoms. The molecule has 0 bridgehead atoms.